The molecule has 0 atom stereocenters. The molecule has 100 valence electrons. The summed E-state index contributed by atoms with van der Waals surface area (Å²) in [6.07, 6.45) is -4.04. The standard InChI is InChI=1S/C12H14F3NO2/c1-3-6-18-10-5-4-9(7-8(10)2)16-11(17)12(13,14)15/h4-5,7H,3,6H2,1-2H3,(H,16,17). The molecule has 0 radical (unpaired) electrons. The molecular weight excluding hydrogens is 247 g/mol. The van der Waals surface area contributed by atoms with Crippen LogP contribution in [0.15, 0.2) is 18.2 Å². The van der Waals surface area contributed by atoms with Crippen molar-refractivity contribution in [3.05, 3.63) is 23.8 Å². The molecule has 18 heavy (non-hydrogen) atoms. The molecule has 6 heteroatoms. The Morgan fingerprint density at radius 3 is 2.56 bits per heavy atom. The summed E-state index contributed by atoms with van der Waals surface area (Å²) in [6.45, 7) is 4.19. The van der Waals surface area contributed by atoms with E-state index in [1.165, 1.54) is 18.2 Å². The lowest BCUT2D eigenvalue weighted by atomic mass is 10.2. The average molecular weight is 261 g/mol. The van der Waals surface area contributed by atoms with Crippen LogP contribution < -0.4 is 10.1 Å². The minimum atomic E-state index is -4.88. The van der Waals surface area contributed by atoms with Crippen molar-refractivity contribution < 1.29 is 22.7 Å². The Kier molecular flexibility index (Phi) is 4.58. The molecule has 0 aromatic heterocycles. The molecule has 0 saturated heterocycles. The van der Waals surface area contributed by atoms with Crippen molar-refractivity contribution in [2.24, 2.45) is 0 Å². The molecule has 1 aromatic rings. The van der Waals surface area contributed by atoms with Gasteiger partial charge in [0.15, 0.2) is 0 Å². The molecule has 0 aliphatic rings. The molecule has 1 amide bonds. The fourth-order valence-corrected chi connectivity index (χ4v) is 1.30. The van der Waals surface area contributed by atoms with Crippen LogP contribution in [0.25, 0.3) is 0 Å². The topological polar surface area (TPSA) is 38.3 Å². The highest BCUT2D eigenvalue weighted by Crippen LogP contribution is 2.24. The first kappa shape index (κ1) is 14.3. The molecule has 3 nitrogen and oxygen atoms in total. The van der Waals surface area contributed by atoms with E-state index in [1.807, 2.05) is 6.92 Å². The molecule has 0 spiro atoms. The maximum Gasteiger partial charge on any atom is 0.471 e. The van der Waals surface area contributed by atoms with Crippen LogP contribution in [-0.2, 0) is 4.79 Å². The third-order valence-electron chi connectivity index (χ3n) is 2.15. The molecule has 0 aliphatic heterocycles. The maximum atomic E-state index is 12.0. The van der Waals surface area contributed by atoms with Gasteiger partial charge < -0.3 is 10.1 Å². The molecule has 1 rings (SSSR count). The van der Waals surface area contributed by atoms with Crippen molar-refractivity contribution in [3.63, 3.8) is 0 Å². The lowest BCUT2D eigenvalue weighted by molar-refractivity contribution is -0.167. The number of carbonyl (C=O) groups is 1. The molecule has 1 N–H and O–H groups in total. The molecule has 0 saturated carbocycles. The van der Waals surface area contributed by atoms with E-state index in [9.17, 15) is 18.0 Å². The van der Waals surface area contributed by atoms with Crippen LogP contribution in [0.5, 0.6) is 5.75 Å². The number of hydrogen-bond donors (Lipinski definition) is 1. The summed E-state index contributed by atoms with van der Waals surface area (Å²) < 4.78 is 41.5. The normalized spacial score (nSPS) is 11.2. The van der Waals surface area contributed by atoms with Crippen LogP contribution in [0, 0.1) is 6.92 Å². The zero-order chi connectivity index (χ0) is 13.8. The van der Waals surface area contributed by atoms with E-state index in [4.69, 9.17) is 4.74 Å². The summed E-state index contributed by atoms with van der Waals surface area (Å²) >= 11 is 0. The van der Waals surface area contributed by atoms with Gasteiger partial charge in [-0.25, -0.2) is 0 Å². The van der Waals surface area contributed by atoms with Crippen LogP contribution >= 0.6 is 0 Å². The fourth-order valence-electron chi connectivity index (χ4n) is 1.30. The first-order valence-corrected chi connectivity index (χ1v) is 5.46. The number of alkyl halides is 3. The number of halogens is 3. The quantitative estimate of drug-likeness (QED) is 0.903. The van der Waals surface area contributed by atoms with Crippen LogP contribution in [0.2, 0.25) is 0 Å². The Balaban J connectivity index is 2.75. The van der Waals surface area contributed by atoms with Gasteiger partial charge >= 0.3 is 12.1 Å². The van der Waals surface area contributed by atoms with Crippen LogP contribution in [0.4, 0.5) is 18.9 Å². The van der Waals surface area contributed by atoms with Gasteiger partial charge in [-0.3, -0.25) is 4.79 Å². The first-order chi connectivity index (χ1) is 8.34. The summed E-state index contributed by atoms with van der Waals surface area (Å²) in [5.74, 6) is -1.38. The van der Waals surface area contributed by atoms with E-state index in [2.05, 4.69) is 0 Å². The minimum absolute atomic E-state index is 0.0960. The van der Waals surface area contributed by atoms with Gasteiger partial charge in [-0.05, 0) is 37.1 Å². The Morgan fingerprint density at radius 1 is 1.39 bits per heavy atom. The summed E-state index contributed by atoms with van der Waals surface area (Å²) in [6, 6.07) is 4.35. The molecule has 0 heterocycles. The van der Waals surface area contributed by atoms with Gasteiger partial charge in [0.05, 0.1) is 6.61 Å². The van der Waals surface area contributed by atoms with Gasteiger partial charge in [-0.1, -0.05) is 6.92 Å². The zero-order valence-electron chi connectivity index (χ0n) is 10.1. The number of hydrogen-bond acceptors (Lipinski definition) is 2. The second-order valence-corrected chi connectivity index (χ2v) is 3.78. The average Bonchev–Trinajstić information content (AvgIpc) is 2.26. The van der Waals surface area contributed by atoms with Gasteiger partial charge in [-0.15, -0.1) is 0 Å². The lowest BCUT2D eigenvalue weighted by Crippen LogP contribution is -2.29. The summed E-state index contributed by atoms with van der Waals surface area (Å²) in [5.41, 5.74) is 0.766. The van der Waals surface area contributed by atoms with Crippen LogP contribution in [0.3, 0.4) is 0 Å². The highest BCUT2D eigenvalue weighted by Gasteiger charge is 2.38. The molecule has 0 unspecified atom stereocenters. The predicted octanol–water partition coefficient (Wildman–Crippen LogP) is 3.28. The number of rotatable bonds is 4. The van der Waals surface area contributed by atoms with E-state index in [-0.39, 0.29) is 5.69 Å². The molecular formula is C12H14F3NO2. The molecule has 0 aliphatic carbocycles. The zero-order valence-corrected chi connectivity index (χ0v) is 10.1. The number of amides is 1. The highest BCUT2D eigenvalue weighted by molar-refractivity contribution is 5.95. The second-order valence-electron chi connectivity index (χ2n) is 3.78. The minimum Gasteiger partial charge on any atom is -0.493 e. The molecule has 0 bridgehead atoms. The van der Waals surface area contributed by atoms with E-state index in [0.29, 0.717) is 17.9 Å². The van der Waals surface area contributed by atoms with E-state index < -0.39 is 12.1 Å². The largest absolute Gasteiger partial charge is 0.493 e. The SMILES string of the molecule is CCCOc1ccc(NC(=O)C(F)(F)F)cc1C. The van der Waals surface area contributed by atoms with Gasteiger partial charge in [-0.2, -0.15) is 13.2 Å². The van der Waals surface area contributed by atoms with Gasteiger partial charge in [0.2, 0.25) is 0 Å². The van der Waals surface area contributed by atoms with Gasteiger partial charge in [0.1, 0.15) is 5.75 Å². The number of anilines is 1. The third kappa shape index (κ3) is 3.94. The lowest BCUT2D eigenvalue weighted by Gasteiger charge is -2.11. The first-order valence-electron chi connectivity index (χ1n) is 5.46. The molecule has 1 aromatic carbocycles. The number of carbonyl (C=O) groups excluding carboxylic acids is 1. The van der Waals surface area contributed by atoms with Crippen molar-refractivity contribution in [2.45, 2.75) is 26.4 Å². The number of aryl methyl sites for hydroxylation is 1. The predicted molar refractivity (Wildman–Crippen MR) is 61.6 cm³/mol. The van der Waals surface area contributed by atoms with Crippen molar-refractivity contribution in [1.82, 2.24) is 0 Å². The summed E-state index contributed by atoms with van der Waals surface area (Å²) in [7, 11) is 0. The Morgan fingerprint density at radius 2 is 2.06 bits per heavy atom. The van der Waals surface area contributed by atoms with E-state index in [0.717, 1.165) is 6.42 Å². The Hall–Kier alpha value is -1.72. The van der Waals surface area contributed by atoms with Crippen LogP contribution in [-0.4, -0.2) is 18.7 Å². The van der Waals surface area contributed by atoms with Crippen molar-refractivity contribution in [1.29, 1.82) is 0 Å². The van der Waals surface area contributed by atoms with Crippen molar-refractivity contribution in [3.8, 4) is 5.75 Å². The van der Waals surface area contributed by atoms with Crippen molar-refractivity contribution in [2.75, 3.05) is 11.9 Å². The smallest absolute Gasteiger partial charge is 0.471 e. The van der Waals surface area contributed by atoms with Crippen molar-refractivity contribution >= 4 is 11.6 Å². The number of ether oxygens (including phenoxy) is 1. The second kappa shape index (κ2) is 5.75. The number of benzene rings is 1. The van der Waals surface area contributed by atoms with E-state index >= 15 is 0 Å². The van der Waals surface area contributed by atoms with Crippen LogP contribution in [0.1, 0.15) is 18.9 Å². The highest BCUT2D eigenvalue weighted by atomic mass is 19.4. The number of nitrogens with one attached hydrogen (secondary N) is 1. The molecule has 0 fully saturated rings. The van der Waals surface area contributed by atoms with Gasteiger partial charge in [0, 0.05) is 5.69 Å². The maximum absolute atomic E-state index is 12.0. The Labute approximate surface area is 103 Å². The Bertz CT molecular complexity index is 430. The third-order valence-corrected chi connectivity index (χ3v) is 2.15. The fraction of sp³-hybridized carbons (Fsp3) is 0.417. The summed E-state index contributed by atoms with van der Waals surface area (Å²) in [4.78, 5) is 10.7. The monoisotopic (exact) mass is 261 g/mol. The summed E-state index contributed by atoms with van der Waals surface area (Å²) in [5, 5.41) is 1.79. The van der Waals surface area contributed by atoms with Gasteiger partial charge in [0.25, 0.3) is 0 Å². The van der Waals surface area contributed by atoms with E-state index in [1.54, 1.807) is 12.2 Å².